The molecule has 0 aromatic carbocycles. The molecule has 0 saturated heterocycles. The number of rotatable bonds is 80. The van der Waals surface area contributed by atoms with Gasteiger partial charge in [0.25, 0.3) is 0 Å². The molecule has 0 heterocycles. The second kappa shape index (κ2) is 84.1. The molecule has 0 rings (SSSR count). The van der Waals surface area contributed by atoms with Crippen molar-refractivity contribution in [2.24, 2.45) is 0 Å². The number of esters is 3. The fourth-order valence-corrected chi connectivity index (χ4v) is 12.8. The molecule has 18 heteroatoms. The summed E-state index contributed by atoms with van der Waals surface area (Å²) in [7, 11) is -9.82. The molecule has 632 valence electrons. The molecule has 16 nitrogen and oxygen atoms in total. The average Bonchev–Trinajstić information content (AvgIpc) is 0.901. The third-order valence-electron chi connectivity index (χ3n) is 17.6. The molecule has 0 aromatic rings. The van der Waals surface area contributed by atoms with Crippen molar-refractivity contribution in [2.45, 2.75) is 347 Å². The minimum Gasteiger partial charge on any atom is -0.463 e. The molecule has 0 aliphatic carbocycles. The van der Waals surface area contributed by atoms with E-state index in [2.05, 4.69) is 203 Å². The number of hydrogen-bond donors (Lipinski definition) is 4. The Bertz CT molecular complexity index is 2750. The molecule has 4 N–H and O–H groups in total. The van der Waals surface area contributed by atoms with Gasteiger partial charge in [0.2, 0.25) is 0 Å². The lowest BCUT2D eigenvalue weighted by Crippen LogP contribution is -2.30. The van der Waals surface area contributed by atoms with Crippen LogP contribution in [0.2, 0.25) is 0 Å². The summed E-state index contributed by atoms with van der Waals surface area (Å²) in [6, 6.07) is 0. The Labute approximate surface area is 675 Å². The van der Waals surface area contributed by atoms with Gasteiger partial charge < -0.3 is 34.2 Å². The first-order valence-corrected chi connectivity index (χ1v) is 46.1. The summed E-state index contributed by atoms with van der Waals surface area (Å²) in [5.41, 5.74) is 0. The van der Waals surface area contributed by atoms with Crippen LogP contribution in [0.15, 0.2) is 182 Å². The van der Waals surface area contributed by atoms with Gasteiger partial charge in [0, 0.05) is 19.3 Å². The van der Waals surface area contributed by atoms with E-state index >= 15 is 0 Å². The minimum absolute atomic E-state index is 0.0842. The highest BCUT2D eigenvalue weighted by atomic mass is 31.2. The lowest BCUT2D eigenvalue weighted by Gasteiger charge is -2.21. The van der Waals surface area contributed by atoms with E-state index in [1.165, 1.54) is 64.2 Å². The summed E-state index contributed by atoms with van der Waals surface area (Å²) >= 11 is 0. The van der Waals surface area contributed by atoms with Gasteiger partial charge in [0.1, 0.15) is 25.4 Å². The van der Waals surface area contributed by atoms with Gasteiger partial charge in [-0.1, -0.05) is 338 Å². The lowest BCUT2D eigenvalue weighted by atomic mass is 10.0. The molecule has 5 unspecified atom stereocenters. The van der Waals surface area contributed by atoms with Crippen LogP contribution in [0.5, 0.6) is 0 Å². The van der Waals surface area contributed by atoms with Crippen LogP contribution >= 0.6 is 15.6 Å². The SMILES string of the molecule is CC/C=C\C/C=C\C/C=C\C/C=C\C/C=C\C/C=C\CCCCCCCCCCCCCCCCC(=O)OCC(O)COP(=O)(O)OCC(O)COP(=O)(O)OCC(COC(=O)CCCCCCCC/C=C\C/C=C\C/C=C\C/C=C\C/C=C\C/C=C\CC)OC(=O)CCCCCCCCC/C=C\C/C=C\C/C=C\CC. The van der Waals surface area contributed by atoms with Gasteiger partial charge in [-0.25, -0.2) is 9.13 Å². The molecule has 0 aromatic heterocycles. The van der Waals surface area contributed by atoms with E-state index in [0.717, 1.165) is 205 Å². The van der Waals surface area contributed by atoms with Gasteiger partial charge in [0.15, 0.2) is 6.10 Å². The van der Waals surface area contributed by atoms with E-state index in [0.29, 0.717) is 19.3 Å². The van der Waals surface area contributed by atoms with E-state index in [4.69, 9.17) is 32.3 Å². The number of phosphoric acid groups is 2. The van der Waals surface area contributed by atoms with Crippen molar-refractivity contribution in [2.75, 3.05) is 39.6 Å². The third kappa shape index (κ3) is 85.4. The van der Waals surface area contributed by atoms with Crippen LogP contribution in [0.3, 0.4) is 0 Å². The molecule has 5 atom stereocenters. The smallest absolute Gasteiger partial charge is 0.463 e. The first kappa shape index (κ1) is 106. The summed E-state index contributed by atoms with van der Waals surface area (Å²) in [6.45, 7) is 2.32. The molecule has 0 radical (unpaired) electrons. The number of aliphatic hydroxyl groups excluding tert-OH is 2. The Balaban J connectivity index is 4.55. The zero-order chi connectivity index (χ0) is 80.8. The highest BCUT2D eigenvalue weighted by Gasteiger charge is 2.29. The molecule has 0 spiro atoms. The maximum atomic E-state index is 13.0. The first-order valence-electron chi connectivity index (χ1n) is 43.1. The Hall–Kier alpha value is -5.35. The van der Waals surface area contributed by atoms with E-state index in [1.807, 2.05) is 0 Å². The fourth-order valence-electron chi connectivity index (χ4n) is 11.2. The van der Waals surface area contributed by atoms with Crippen LogP contribution in [0.4, 0.5) is 0 Å². The number of unbranched alkanes of at least 4 members (excludes halogenated alkanes) is 27. The Kier molecular flexibility index (Phi) is 80.0. The molecular weight excluding hydrogens is 1430 g/mol. The quantitative estimate of drug-likeness (QED) is 0.0146. The van der Waals surface area contributed by atoms with Crippen LogP contribution in [0.1, 0.15) is 329 Å². The molecule has 0 saturated carbocycles. The van der Waals surface area contributed by atoms with Gasteiger partial charge in [-0.05, 0) is 154 Å². The van der Waals surface area contributed by atoms with Crippen molar-refractivity contribution in [3.63, 3.8) is 0 Å². The van der Waals surface area contributed by atoms with Gasteiger partial charge in [-0.15, -0.1) is 0 Å². The summed E-state index contributed by atoms with van der Waals surface area (Å²) in [6.07, 6.45) is 109. The van der Waals surface area contributed by atoms with Crippen LogP contribution in [0.25, 0.3) is 0 Å². The van der Waals surface area contributed by atoms with Crippen molar-refractivity contribution >= 4 is 33.6 Å². The molecule has 111 heavy (non-hydrogen) atoms. The van der Waals surface area contributed by atoms with Gasteiger partial charge in [-0.3, -0.25) is 32.5 Å². The van der Waals surface area contributed by atoms with Gasteiger partial charge >= 0.3 is 33.6 Å². The van der Waals surface area contributed by atoms with Crippen LogP contribution in [-0.4, -0.2) is 95.9 Å². The van der Waals surface area contributed by atoms with Crippen LogP contribution in [-0.2, 0) is 55.8 Å². The van der Waals surface area contributed by atoms with Gasteiger partial charge in [-0.2, -0.15) is 0 Å². The lowest BCUT2D eigenvalue weighted by molar-refractivity contribution is -0.161. The molecular formula is C93H154O16P2. The monoisotopic (exact) mass is 1590 g/mol. The number of phosphoric ester groups is 2. The van der Waals surface area contributed by atoms with Crippen LogP contribution in [0, 0.1) is 0 Å². The van der Waals surface area contributed by atoms with E-state index < -0.39 is 91.5 Å². The Morgan fingerprint density at radius 2 is 0.450 bits per heavy atom. The van der Waals surface area contributed by atoms with Crippen molar-refractivity contribution in [1.29, 1.82) is 0 Å². The van der Waals surface area contributed by atoms with E-state index in [-0.39, 0.29) is 19.3 Å². The highest BCUT2D eigenvalue weighted by Crippen LogP contribution is 2.45. The van der Waals surface area contributed by atoms with Crippen molar-refractivity contribution in [1.82, 2.24) is 0 Å². The normalized spacial score (nSPS) is 14.8. The zero-order valence-electron chi connectivity index (χ0n) is 69.3. The topological polar surface area (TPSA) is 231 Å². The number of aliphatic hydroxyl groups is 2. The Morgan fingerprint density at radius 3 is 0.712 bits per heavy atom. The van der Waals surface area contributed by atoms with Crippen molar-refractivity contribution in [3.05, 3.63) is 182 Å². The maximum Gasteiger partial charge on any atom is 0.472 e. The second-order valence-electron chi connectivity index (χ2n) is 28.2. The third-order valence-corrected chi connectivity index (χ3v) is 19.5. The molecule has 0 fully saturated rings. The zero-order valence-corrected chi connectivity index (χ0v) is 71.1. The number of carbonyl (C=O) groups is 3. The summed E-state index contributed by atoms with van der Waals surface area (Å²) in [4.78, 5) is 58.8. The highest BCUT2D eigenvalue weighted by molar-refractivity contribution is 7.47. The van der Waals surface area contributed by atoms with E-state index in [9.17, 15) is 43.5 Å². The molecule has 0 amide bonds. The minimum atomic E-state index is -4.95. The average molecular weight is 1590 g/mol. The molecule has 0 aliphatic heterocycles. The summed E-state index contributed by atoms with van der Waals surface area (Å²) in [5, 5.41) is 20.7. The van der Waals surface area contributed by atoms with Crippen LogP contribution < -0.4 is 0 Å². The van der Waals surface area contributed by atoms with Crippen molar-refractivity contribution in [3.8, 4) is 0 Å². The predicted octanol–water partition coefficient (Wildman–Crippen LogP) is 26.1. The number of allylic oxidation sites excluding steroid dienone is 30. The standard InChI is InChI=1S/C93H154O16P2/c1-4-7-10-13-16-19-22-25-28-31-33-35-37-39-40-41-42-43-44-45-46-48-50-51-53-56-58-61-64-67-70-73-76-79-91(96)103-82-88(94)83-105-110(99,100)106-84-89(95)85-107-111(101,102)108-87-90(109-93(98)81-78-75-72-69-66-63-60-55-30-27-24-21-18-15-12-9-6-3)86-104-92(97)80-77-74-71-68-65-62-59-57-54-52-49-47-38-36-34-32-29-26-23-20-17-14-11-8-5-2/h7-12,16-21,25-30,33-36,39-40,42-43,47,49,54,57,88-90,94-95H,4-6,13-15,22-24,31-32,37-38,41,44-46,48,50-53,55-56,58-87H2,1-3H3,(H,99,100)(H,101,102)/b10-7-,11-8-,12-9-,19-16-,20-17-,21-18-,28-25-,29-26-,30-27-,35-33-,36-34-,40-39-,43-42-,49-47-,57-54-. The van der Waals surface area contributed by atoms with Gasteiger partial charge in [0.05, 0.1) is 26.4 Å². The number of hydrogen-bond acceptors (Lipinski definition) is 14. The Morgan fingerprint density at radius 1 is 0.252 bits per heavy atom. The second-order valence-corrected chi connectivity index (χ2v) is 31.1. The maximum absolute atomic E-state index is 13.0. The molecule has 0 aliphatic rings. The number of ether oxygens (including phenoxy) is 3. The van der Waals surface area contributed by atoms with Crippen molar-refractivity contribution < 1.29 is 75.8 Å². The first-order chi connectivity index (χ1) is 54.2. The largest absolute Gasteiger partial charge is 0.472 e. The fraction of sp³-hybridized carbons (Fsp3) is 0.645. The predicted molar refractivity (Wildman–Crippen MR) is 463 cm³/mol. The molecule has 0 bridgehead atoms. The van der Waals surface area contributed by atoms with E-state index in [1.54, 1.807) is 0 Å². The summed E-state index contributed by atoms with van der Waals surface area (Å²) in [5.74, 6) is -1.61. The number of carbonyl (C=O) groups excluding carboxylic acids is 3. The summed E-state index contributed by atoms with van der Waals surface area (Å²) < 4.78 is 61.3.